The van der Waals surface area contributed by atoms with Crippen molar-refractivity contribution in [3.05, 3.63) is 30.1 Å². The van der Waals surface area contributed by atoms with Gasteiger partial charge in [-0.05, 0) is 57.9 Å². The highest BCUT2D eigenvalue weighted by Gasteiger charge is 2.34. The third kappa shape index (κ3) is 6.35. The molecule has 3 rings (SSSR count). The lowest BCUT2D eigenvalue weighted by atomic mass is 9.80. The molecule has 0 spiro atoms. The van der Waals surface area contributed by atoms with Crippen LogP contribution in [0.4, 0.5) is 19.0 Å². The van der Waals surface area contributed by atoms with Gasteiger partial charge in [-0.2, -0.15) is 13.2 Å². The van der Waals surface area contributed by atoms with Crippen molar-refractivity contribution >= 4 is 22.6 Å². The van der Waals surface area contributed by atoms with E-state index in [1.165, 1.54) is 12.4 Å². The number of anilines is 1. The highest BCUT2D eigenvalue weighted by atomic mass is 19.4. The van der Waals surface area contributed by atoms with E-state index in [9.17, 15) is 18.0 Å². The first-order valence-corrected chi connectivity index (χ1v) is 11.7. The second kappa shape index (κ2) is 11.3. The molecule has 0 bridgehead atoms. The number of aromatic nitrogens is 2. The van der Waals surface area contributed by atoms with Crippen LogP contribution in [0.3, 0.4) is 0 Å². The molecule has 1 aliphatic rings. The normalized spacial score (nSPS) is 21.3. The maximum Gasteiger partial charge on any atom is 0.416 e. The zero-order chi connectivity index (χ0) is 24.9. The molecule has 1 heterocycles. The number of nitrogens with one attached hydrogen (secondary N) is 2. The Bertz CT molecular complexity index is 969. The molecule has 3 atom stereocenters. The number of benzene rings is 1. The van der Waals surface area contributed by atoms with Crippen molar-refractivity contribution in [3.63, 3.8) is 0 Å². The van der Waals surface area contributed by atoms with E-state index in [1.54, 1.807) is 7.11 Å². The number of carbonyl (C=O) groups excluding carboxylic acids is 1. The summed E-state index contributed by atoms with van der Waals surface area (Å²) in [6, 6.07) is 4.17. The molecule has 3 unspecified atom stereocenters. The van der Waals surface area contributed by atoms with Gasteiger partial charge < -0.3 is 15.4 Å². The van der Waals surface area contributed by atoms with Crippen LogP contribution in [0.1, 0.15) is 45.6 Å². The molecule has 0 saturated heterocycles. The minimum Gasteiger partial charge on any atom is -0.384 e. The van der Waals surface area contributed by atoms with E-state index >= 15 is 0 Å². The molecule has 1 fully saturated rings. The SMILES string of the molecule is CCN(C(C)C)C1CCC(NC(=O)CNc2ncnc3ccc(C(F)(F)F)cc23)C(COC)C1. The number of hydrogen-bond acceptors (Lipinski definition) is 6. The van der Waals surface area contributed by atoms with Gasteiger partial charge in [-0.25, -0.2) is 9.97 Å². The van der Waals surface area contributed by atoms with E-state index in [-0.39, 0.29) is 35.6 Å². The van der Waals surface area contributed by atoms with Gasteiger partial charge in [0.15, 0.2) is 0 Å². The first kappa shape index (κ1) is 26.2. The second-order valence-electron chi connectivity index (χ2n) is 9.09. The Morgan fingerprint density at radius 3 is 2.68 bits per heavy atom. The summed E-state index contributed by atoms with van der Waals surface area (Å²) >= 11 is 0. The average Bonchev–Trinajstić information content (AvgIpc) is 2.78. The fourth-order valence-corrected chi connectivity index (χ4v) is 4.97. The molecule has 34 heavy (non-hydrogen) atoms. The molecule has 7 nitrogen and oxygen atoms in total. The Kier molecular flexibility index (Phi) is 8.70. The van der Waals surface area contributed by atoms with Gasteiger partial charge in [-0.15, -0.1) is 0 Å². The van der Waals surface area contributed by atoms with Crippen LogP contribution in [0, 0.1) is 5.92 Å². The van der Waals surface area contributed by atoms with Gasteiger partial charge in [0, 0.05) is 36.5 Å². The number of carbonyl (C=O) groups is 1. The summed E-state index contributed by atoms with van der Waals surface area (Å²) in [6.45, 7) is 7.99. The number of fused-ring (bicyclic) bond motifs is 1. The van der Waals surface area contributed by atoms with E-state index in [1.807, 2.05) is 0 Å². The predicted octanol–water partition coefficient (Wildman–Crippen LogP) is 4.09. The summed E-state index contributed by atoms with van der Waals surface area (Å²) < 4.78 is 44.8. The number of alkyl halides is 3. The van der Waals surface area contributed by atoms with Crippen LogP contribution >= 0.6 is 0 Å². The summed E-state index contributed by atoms with van der Waals surface area (Å²) in [6.07, 6.45) is -0.438. The van der Waals surface area contributed by atoms with E-state index in [0.717, 1.165) is 37.9 Å². The Hall–Kier alpha value is -2.46. The minimum atomic E-state index is -4.48. The van der Waals surface area contributed by atoms with Crippen LogP contribution in [0.25, 0.3) is 10.9 Å². The molecular weight excluding hydrogens is 447 g/mol. The monoisotopic (exact) mass is 481 g/mol. The van der Waals surface area contributed by atoms with E-state index in [0.29, 0.717) is 24.2 Å². The predicted molar refractivity (Wildman–Crippen MR) is 125 cm³/mol. The molecule has 1 aliphatic carbocycles. The number of methoxy groups -OCH3 is 1. The molecule has 1 amide bonds. The maximum atomic E-state index is 13.1. The van der Waals surface area contributed by atoms with Crippen LogP contribution < -0.4 is 10.6 Å². The zero-order valence-electron chi connectivity index (χ0n) is 20.2. The van der Waals surface area contributed by atoms with E-state index in [2.05, 4.69) is 46.3 Å². The number of halogens is 3. The summed E-state index contributed by atoms with van der Waals surface area (Å²) in [5.74, 6) is 0.146. The average molecular weight is 482 g/mol. The fraction of sp³-hybridized carbons (Fsp3) is 0.625. The van der Waals surface area contributed by atoms with Crippen LogP contribution in [0.2, 0.25) is 0 Å². The van der Waals surface area contributed by atoms with Crippen LogP contribution in [0.15, 0.2) is 24.5 Å². The lowest BCUT2D eigenvalue weighted by Crippen LogP contribution is -2.52. The number of nitrogens with zero attached hydrogens (tertiary/aromatic N) is 3. The molecular formula is C24H34F3N5O2. The molecule has 1 aromatic carbocycles. The first-order chi connectivity index (χ1) is 16.1. The zero-order valence-corrected chi connectivity index (χ0v) is 20.2. The van der Waals surface area contributed by atoms with Crippen molar-refractivity contribution in [3.8, 4) is 0 Å². The maximum absolute atomic E-state index is 13.1. The van der Waals surface area contributed by atoms with Crippen molar-refractivity contribution in [1.82, 2.24) is 20.2 Å². The molecule has 10 heteroatoms. The van der Waals surface area contributed by atoms with Crippen LogP contribution in [-0.4, -0.2) is 65.7 Å². The molecule has 0 aliphatic heterocycles. The van der Waals surface area contributed by atoms with Gasteiger partial charge in [0.25, 0.3) is 0 Å². The Morgan fingerprint density at radius 2 is 2.03 bits per heavy atom. The van der Waals surface area contributed by atoms with Crippen molar-refractivity contribution in [1.29, 1.82) is 0 Å². The third-order valence-corrected chi connectivity index (χ3v) is 6.56. The third-order valence-electron chi connectivity index (χ3n) is 6.56. The standard InChI is InChI=1S/C24H34F3N5O2/c1-5-32(15(2)3)18-7-9-20(16(10-18)13-34-4)31-22(33)12-28-23-19-11-17(24(25,26)27)6-8-21(19)29-14-30-23/h6,8,11,14-16,18,20H,5,7,9-10,12-13H2,1-4H3,(H,31,33)(H,28,29,30). The summed E-state index contributed by atoms with van der Waals surface area (Å²) in [5.41, 5.74) is -0.418. The van der Waals surface area contributed by atoms with Gasteiger partial charge >= 0.3 is 6.18 Å². The topological polar surface area (TPSA) is 79.4 Å². The summed E-state index contributed by atoms with van der Waals surface area (Å²) in [4.78, 5) is 23.3. The quantitative estimate of drug-likeness (QED) is 0.562. The Labute approximate surface area is 198 Å². The fourth-order valence-electron chi connectivity index (χ4n) is 4.97. The molecule has 1 aromatic heterocycles. The lowest BCUT2D eigenvalue weighted by Gasteiger charge is -2.42. The first-order valence-electron chi connectivity index (χ1n) is 11.7. The number of amides is 1. The minimum absolute atomic E-state index is 0.0182. The summed E-state index contributed by atoms with van der Waals surface area (Å²) in [7, 11) is 1.67. The highest BCUT2D eigenvalue weighted by molar-refractivity contribution is 5.91. The Balaban J connectivity index is 1.65. The van der Waals surface area contributed by atoms with Crippen molar-refractivity contribution in [2.45, 2.75) is 64.3 Å². The number of ether oxygens (including phenoxy) is 1. The van der Waals surface area contributed by atoms with E-state index < -0.39 is 11.7 Å². The smallest absolute Gasteiger partial charge is 0.384 e. The van der Waals surface area contributed by atoms with Crippen molar-refractivity contribution in [2.75, 3.05) is 32.1 Å². The Morgan fingerprint density at radius 1 is 1.26 bits per heavy atom. The van der Waals surface area contributed by atoms with Gasteiger partial charge in [0.1, 0.15) is 12.1 Å². The van der Waals surface area contributed by atoms with Crippen LogP contribution in [-0.2, 0) is 15.7 Å². The van der Waals surface area contributed by atoms with Crippen molar-refractivity contribution < 1.29 is 22.7 Å². The lowest BCUT2D eigenvalue weighted by molar-refractivity contribution is -0.137. The number of rotatable bonds is 9. The molecule has 1 saturated carbocycles. The molecule has 0 radical (unpaired) electrons. The van der Waals surface area contributed by atoms with Crippen LogP contribution in [0.5, 0.6) is 0 Å². The second-order valence-corrected chi connectivity index (χ2v) is 9.09. The highest BCUT2D eigenvalue weighted by Crippen LogP contribution is 2.33. The molecule has 188 valence electrons. The van der Waals surface area contributed by atoms with Gasteiger partial charge in [-0.1, -0.05) is 6.92 Å². The number of hydrogen-bond donors (Lipinski definition) is 2. The van der Waals surface area contributed by atoms with Gasteiger partial charge in [0.05, 0.1) is 24.2 Å². The van der Waals surface area contributed by atoms with Gasteiger partial charge in [0.2, 0.25) is 5.91 Å². The summed E-state index contributed by atoms with van der Waals surface area (Å²) in [5, 5.41) is 6.19. The van der Waals surface area contributed by atoms with E-state index in [4.69, 9.17) is 4.74 Å². The molecule has 2 aromatic rings. The largest absolute Gasteiger partial charge is 0.416 e. The van der Waals surface area contributed by atoms with Crippen molar-refractivity contribution in [2.24, 2.45) is 5.92 Å². The van der Waals surface area contributed by atoms with Gasteiger partial charge in [-0.3, -0.25) is 9.69 Å². The molecule has 2 N–H and O–H groups in total.